The van der Waals surface area contributed by atoms with Crippen LogP contribution in [0.5, 0.6) is 0 Å². The maximum absolute atomic E-state index is 11.6. The minimum atomic E-state index is -0.0899. The highest BCUT2D eigenvalue weighted by molar-refractivity contribution is 6.31. The molecule has 0 saturated carbocycles. The fourth-order valence-corrected chi connectivity index (χ4v) is 2.31. The number of anilines is 1. The van der Waals surface area contributed by atoms with Gasteiger partial charge in [0.05, 0.1) is 0 Å². The van der Waals surface area contributed by atoms with Gasteiger partial charge in [0.2, 0.25) is 0 Å². The lowest BCUT2D eigenvalue weighted by atomic mass is 10.1. The molecule has 2 rings (SSSR count). The summed E-state index contributed by atoms with van der Waals surface area (Å²) in [5.41, 5.74) is 1.62. The summed E-state index contributed by atoms with van der Waals surface area (Å²) in [4.78, 5) is 16.2. The highest BCUT2D eigenvalue weighted by Crippen LogP contribution is 2.24. The van der Waals surface area contributed by atoms with Crippen LogP contribution in [-0.4, -0.2) is 43.9 Å². The second-order valence-electron chi connectivity index (χ2n) is 4.56. The second kappa shape index (κ2) is 5.55. The number of piperazine rings is 1. The van der Waals surface area contributed by atoms with Crippen molar-refractivity contribution in [1.82, 2.24) is 4.90 Å². The Kier molecular flexibility index (Phi) is 4.04. The molecule has 0 amide bonds. The maximum Gasteiger partial charge on any atom is 0.185 e. The lowest BCUT2D eigenvalue weighted by Gasteiger charge is -2.34. The van der Waals surface area contributed by atoms with Crippen molar-refractivity contribution in [3.63, 3.8) is 0 Å². The molecule has 1 fully saturated rings. The zero-order valence-corrected chi connectivity index (χ0v) is 11.3. The van der Waals surface area contributed by atoms with Gasteiger partial charge in [-0.3, -0.25) is 4.79 Å². The van der Waals surface area contributed by atoms with E-state index in [-0.39, 0.29) is 5.78 Å². The molecule has 4 heteroatoms. The Bertz CT molecular complexity index is 465. The van der Waals surface area contributed by atoms with Gasteiger partial charge in [-0.05, 0) is 31.3 Å². The van der Waals surface area contributed by atoms with Crippen LogP contribution in [0.4, 0.5) is 5.69 Å². The van der Waals surface area contributed by atoms with Crippen LogP contribution in [-0.2, 0) is 0 Å². The van der Waals surface area contributed by atoms with Crippen LogP contribution in [0.1, 0.15) is 10.4 Å². The molecule has 1 aliphatic rings. The first-order valence-corrected chi connectivity index (χ1v) is 6.39. The molecule has 18 heavy (non-hydrogen) atoms. The van der Waals surface area contributed by atoms with Crippen LogP contribution >= 0.6 is 11.6 Å². The van der Waals surface area contributed by atoms with Crippen molar-refractivity contribution in [3.8, 4) is 0 Å². The molecule has 96 valence electrons. The average Bonchev–Trinajstić information content (AvgIpc) is 2.38. The van der Waals surface area contributed by atoms with Crippen molar-refractivity contribution in [3.05, 3.63) is 41.4 Å². The first-order valence-electron chi connectivity index (χ1n) is 6.01. The standard InChI is InChI=1S/C14H17ClN2O/c1-3-14(18)11-8-12(15)10-13(9-11)17-6-4-16(2)5-7-17/h3,8-10H,1,4-7H2,2H3. The molecular weight excluding hydrogens is 248 g/mol. The topological polar surface area (TPSA) is 23.6 Å². The largest absolute Gasteiger partial charge is 0.369 e. The number of likely N-dealkylation sites (N-methyl/N-ethyl adjacent to an activating group) is 1. The highest BCUT2D eigenvalue weighted by atomic mass is 35.5. The minimum absolute atomic E-state index is 0.0899. The Morgan fingerprint density at radius 1 is 1.28 bits per heavy atom. The van der Waals surface area contributed by atoms with Gasteiger partial charge in [0.1, 0.15) is 0 Å². The van der Waals surface area contributed by atoms with Crippen molar-refractivity contribution in [2.75, 3.05) is 38.1 Å². The quantitative estimate of drug-likeness (QED) is 0.619. The minimum Gasteiger partial charge on any atom is -0.369 e. The molecule has 3 nitrogen and oxygen atoms in total. The number of ketones is 1. The van der Waals surface area contributed by atoms with E-state index in [9.17, 15) is 4.79 Å². The molecule has 1 saturated heterocycles. The molecular formula is C14H17ClN2O. The molecule has 1 aromatic rings. The van der Waals surface area contributed by atoms with E-state index in [1.807, 2.05) is 12.1 Å². The molecule has 0 bridgehead atoms. The van der Waals surface area contributed by atoms with Crippen LogP contribution in [0.15, 0.2) is 30.9 Å². The molecule has 1 aliphatic heterocycles. The van der Waals surface area contributed by atoms with Gasteiger partial charge in [0.15, 0.2) is 5.78 Å². The fraction of sp³-hybridized carbons (Fsp3) is 0.357. The number of carbonyl (C=O) groups is 1. The van der Waals surface area contributed by atoms with Crippen LogP contribution < -0.4 is 4.90 Å². The molecule has 1 heterocycles. The van der Waals surface area contributed by atoms with E-state index in [0.29, 0.717) is 10.6 Å². The summed E-state index contributed by atoms with van der Waals surface area (Å²) in [6.07, 6.45) is 1.32. The smallest absolute Gasteiger partial charge is 0.185 e. The summed E-state index contributed by atoms with van der Waals surface area (Å²) in [7, 11) is 2.11. The normalized spacial score (nSPS) is 16.7. The fourth-order valence-electron chi connectivity index (χ4n) is 2.08. The van der Waals surface area contributed by atoms with Crippen molar-refractivity contribution < 1.29 is 4.79 Å². The lowest BCUT2D eigenvalue weighted by Crippen LogP contribution is -2.44. The Hall–Kier alpha value is -1.32. The molecule has 0 unspecified atom stereocenters. The van der Waals surface area contributed by atoms with Gasteiger partial charge < -0.3 is 9.80 Å². The third kappa shape index (κ3) is 2.92. The third-order valence-electron chi connectivity index (χ3n) is 3.22. The van der Waals surface area contributed by atoms with Gasteiger partial charge in [0.25, 0.3) is 0 Å². The maximum atomic E-state index is 11.6. The lowest BCUT2D eigenvalue weighted by molar-refractivity contribution is 0.104. The zero-order chi connectivity index (χ0) is 13.1. The van der Waals surface area contributed by atoms with Crippen LogP contribution in [0.25, 0.3) is 0 Å². The highest BCUT2D eigenvalue weighted by Gasteiger charge is 2.16. The Morgan fingerprint density at radius 3 is 2.56 bits per heavy atom. The summed E-state index contributed by atoms with van der Waals surface area (Å²) >= 11 is 6.08. The van der Waals surface area contributed by atoms with Crippen molar-refractivity contribution in [2.45, 2.75) is 0 Å². The SMILES string of the molecule is C=CC(=O)c1cc(Cl)cc(N2CCN(C)CC2)c1. The Balaban J connectivity index is 2.25. The number of benzene rings is 1. The molecule has 1 aromatic carbocycles. The van der Waals surface area contributed by atoms with Crippen molar-refractivity contribution in [2.24, 2.45) is 0 Å². The average molecular weight is 265 g/mol. The summed E-state index contributed by atoms with van der Waals surface area (Å²) in [6, 6.07) is 5.49. The Morgan fingerprint density at radius 2 is 1.94 bits per heavy atom. The number of carbonyl (C=O) groups excluding carboxylic acids is 1. The summed E-state index contributed by atoms with van der Waals surface area (Å²) in [6.45, 7) is 7.47. The van der Waals surface area contributed by atoms with E-state index in [2.05, 4.69) is 23.4 Å². The van der Waals surface area contributed by atoms with Gasteiger partial charge >= 0.3 is 0 Å². The van der Waals surface area contributed by atoms with Crippen LogP contribution in [0.2, 0.25) is 5.02 Å². The number of hydrogen-bond donors (Lipinski definition) is 0. The van der Waals surface area contributed by atoms with Crippen molar-refractivity contribution >= 4 is 23.1 Å². The first kappa shape index (κ1) is 13.1. The third-order valence-corrected chi connectivity index (χ3v) is 3.44. The molecule has 0 radical (unpaired) electrons. The Labute approximate surface area is 113 Å². The van der Waals surface area contributed by atoms with Crippen LogP contribution in [0, 0.1) is 0 Å². The molecule has 0 N–H and O–H groups in total. The van der Waals surface area contributed by atoms with E-state index in [1.54, 1.807) is 6.07 Å². The van der Waals surface area contributed by atoms with Gasteiger partial charge in [-0.25, -0.2) is 0 Å². The molecule has 0 aliphatic carbocycles. The van der Waals surface area contributed by atoms with Gasteiger partial charge in [-0.2, -0.15) is 0 Å². The van der Waals surface area contributed by atoms with Crippen LogP contribution in [0.3, 0.4) is 0 Å². The molecule has 0 spiro atoms. The number of nitrogens with zero attached hydrogens (tertiary/aromatic N) is 2. The van der Waals surface area contributed by atoms with E-state index < -0.39 is 0 Å². The molecule has 0 atom stereocenters. The summed E-state index contributed by atoms with van der Waals surface area (Å²) in [5, 5.41) is 0.594. The predicted molar refractivity (Wildman–Crippen MR) is 75.7 cm³/mol. The number of rotatable bonds is 3. The van der Waals surface area contributed by atoms with E-state index in [4.69, 9.17) is 11.6 Å². The van der Waals surface area contributed by atoms with E-state index in [0.717, 1.165) is 31.9 Å². The number of halogens is 1. The second-order valence-corrected chi connectivity index (χ2v) is 4.99. The van der Waals surface area contributed by atoms with Gasteiger partial charge in [0, 0.05) is 42.5 Å². The van der Waals surface area contributed by atoms with Gasteiger partial charge in [-0.15, -0.1) is 0 Å². The summed E-state index contributed by atoms with van der Waals surface area (Å²) in [5.74, 6) is -0.0899. The molecule has 0 aromatic heterocycles. The van der Waals surface area contributed by atoms with E-state index >= 15 is 0 Å². The summed E-state index contributed by atoms with van der Waals surface area (Å²) < 4.78 is 0. The van der Waals surface area contributed by atoms with E-state index in [1.165, 1.54) is 6.08 Å². The monoisotopic (exact) mass is 264 g/mol. The number of allylic oxidation sites excluding steroid dienone is 1. The zero-order valence-electron chi connectivity index (χ0n) is 10.5. The first-order chi connectivity index (χ1) is 8.60. The van der Waals surface area contributed by atoms with Crippen molar-refractivity contribution in [1.29, 1.82) is 0 Å². The van der Waals surface area contributed by atoms with Gasteiger partial charge in [-0.1, -0.05) is 18.2 Å². The number of hydrogen-bond acceptors (Lipinski definition) is 3. The predicted octanol–water partition coefficient (Wildman–Crippen LogP) is 2.46.